The van der Waals surface area contributed by atoms with Gasteiger partial charge in [-0.25, -0.2) is 4.98 Å². The van der Waals surface area contributed by atoms with Crippen LogP contribution in [0.3, 0.4) is 0 Å². The average Bonchev–Trinajstić information content (AvgIpc) is 3.76. The molecule has 2 heterocycles. The Kier molecular flexibility index (Phi) is 10.1. The molecular formula is C55H39N2OP3S2. The van der Waals surface area contributed by atoms with Gasteiger partial charge in [0.1, 0.15) is 5.65 Å². The second-order valence-electron chi connectivity index (χ2n) is 15.7. The fourth-order valence-electron chi connectivity index (χ4n) is 9.13. The number of fused-ring (bicyclic) bond motifs is 8. The highest BCUT2D eigenvalue weighted by molar-refractivity contribution is 8.26. The van der Waals surface area contributed by atoms with Crippen molar-refractivity contribution in [3.05, 3.63) is 237 Å². The van der Waals surface area contributed by atoms with Crippen LogP contribution >= 0.6 is 19.2 Å². The number of pyridine rings is 1. The topological polar surface area (TPSA) is 34.4 Å². The zero-order valence-electron chi connectivity index (χ0n) is 34.0. The lowest BCUT2D eigenvalue weighted by Gasteiger charge is -2.25. The molecule has 0 saturated carbocycles. The van der Waals surface area contributed by atoms with E-state index in [-0.39, 0.29) is 0 Å². The van der Waals surface area contributed by atoms with Crippen molar-refractivity contribution in [3.63, 3.8) is 0 Å². The summed E-state index contributed by atoms with van der Waals surface area (Å²) in [4.78, 5) is 5.52. The lowest BCUT2D eigenvalue weighted by atomic mass is 10.1. The minimum atomic E-state index is -3.29. The van der Waals surface area contributed by atoms with Gasteiger partial charge in [-0.3, -0.25) is 4.40 Å². The molecule has 2 aromatic heterocycles. The number of hydrogen-bond donors (Lipinski definition) is 0. The van der Waals surface area contributed by atoms with Gasteiger partial charge in [-0.1, -0.05) is 230 Å². The third-order valence-corrected chi connectivity index (χ3v) is 25.2. The average molecular weight is 901 g/mol. The molecule has 0 radical (unpaired) electrons. The molecule has 11 aromatic rings. The summed E-state index contributed by atoms with van der Waals surface area (Å²) in [7, 11) is -3.29. The zero-order valence-corrected chi connectivity index (χ0v) is 38.3. The van der Waals surface area contributed by atoms with Crippen LogP contribution in [0.1, 0.15) is 0 Å². The van der Waals surface area contributed by atoms with E-state index >= 15 is 4.57 Å². The van der Waals surface area contributed by atoms with Gasteiger partial charge in [-0.2, -0.15) is 0 Å². The van der Waals surface area contributed by atoms with Gasteiger partial charge < -0.3 is 4.57 Å². The number of aromatic nitrogens is 2. The minimum Gasteiger partial charge on any atom is -0.309 e. The van der Waals surface area contributed by atoms with Crippen LogP contribution in [-0.4, -0.2) is 9.38 Å². The molecule has 0 unspecified atom stereocenters. The molecule has 8 heteroatoms. The third kappa shape index (κ3) is 6.45. The first-order valence-corrected chi connectivity index (χ1v) is 28.2. The Morgan fingerprint density at radius 2 is 0.714 bits per heavy atom. The summed E-state index contributed by atoms with van der Waals surface area (Å²) < 4.78 is 18.1. The SMILES string of the molecule is O=P(c1ccccc1)(c1ccccc1)c1ccc2c(c1)c1ccc(P(=S)(c3ccccc3)c3ccccc3)cc1n1c3ccc(P(=S)(c4ccccc4)c4ccccc4)cc3nc21. The van der Waals surface area contributed by atoms with Crippen LogP contribution in [0, 0.1) is 0 Å². The fraction of sp³-hybridized carbons (Fsp3) is 0. The normalized spacial score (nSPS) is 12.3. The van der Waals surface area contributed by atoms with Gasteiger partial charge in [0.25, 0.3) is 0 Å². The van der Waals surface area contributed by atoms with Gasteiger partial charge in [0, 0.05) is 38.8 Å². The van der Waals surface area contributed by atoms with Crippen molar-refractivity contribution in [3.8, 4) is 0 Å². The van der Waals surface area contributed by atoms with Crippen molar-refractivity contribution in [1.29, 1.82) is 0 Å². The molecular weight excluding hydrogens is 862 g/mol. The fourth-order valence-corrected chi connectivity index (χ4v) is 19.3. The van der Waals surface area contributed by atoms with Crippen LogP contribution in [-0.2, 0) is 28.2 Å². The van der Waals surface area contributed by atoms with E-state index in [0.29, 0.717) is 0 Å². The van der Waals surface area contributed by atoms with E-state index in [1.54, 1.807) is 0 Å². The number of nitrogens with zero attached hydrogens (tertiary/aromatic N) is 2. The summed E-state index contributed by atoms with van der Waals surface area (Å²) in [6.45, 7) is 0. The van der Waals surface area contributed by atoms with Crippen molar-refractivity contribution in [1.82, 2.24) is 9.38 Å². The van der Waals surface area contributed by atoms with Gasteiger partial charge >= 0.3 is 0 Å². The molecule has 9 aromatic carbocycles. The first-order chi connectivity index (χ1) is 30.9. The van der Waals surface area contributed by atoms with Crippen LogP contribution in [0.4, 0.5) is 0 Å². The molecule has 0 aliphatic rings. The number of hydrogen-bond acceptors (Lipinski definition) is 4. The molecule has 0 saturated heterocycles. The molecule has 0 aliphatic heterocycles. The van der Waals surface area contributed by atoms with Crippen molar-refractivity contribution in [2.75, 3.05) is 0 Å². The minimum absolute atomic E-state index is 0.769. The largest absolute Gasteiger partial charge is 0.309 e. The van der Waals surface area contributed by atoms with Crippen LogP contribution < -0.4 is 47.7 Å². The number of imidazole rings is 1. The number of benzene rings is 9. The summed E-state index contributed by atoms with van der Waals surface area (Å²) in [6.07, 6.45) is 0. The lowest BCUT2D eigenvalue weighted by molar-refractivity contribution is 0.592. The monoisotopic (exact) mass is 900 g/mol. The van der Waals surface area contributed by atoms with Crippen molar-refractivity contribution in [2.45, 2.75) is 0 Å². The molecule has 0 spiro atoms. The molecule has 0 amide bonds. The van der Waals surface area contributed by atoms with E-state index in [1.807, 2.05) is 91.0 Å². The quantitative estimate of drug-likeness (QED) is 0.107. The van der Waals surface area contributed by atoms with Gasteiger partial charge in [0.2, 0.25) is 0 Å². The van der Waals surface area contributed by atoms with Gasteiger partial charge in [-0.15, -0.1) is 0 Å². The molecule has 0 bridgehead atoms. The van der Waals surface area contributed by atoms with Crippen LogP contribution in [0.15, 0.2) is 237 Å². The van der Waals surface area contributed by atoms with E-state index < -0.39 is 19.2 Å². The van der Waals surface area contributed by atoms with Gasteiger partial charge in [0.15, 0.2) is 7.14 Å². The Morgan fingerprint density at radius 1 is 0.333 bits per heavy atom. The van der Waals surface area contributed by atoms with E-state index in [0.717, 1.165) is 86.1 Å². The summed E-state index contributed by atoms with van der Waals surface area (Å²) in [5.41, 5.74) is 3.66. The first kappa shape index (κ1) is 39.8. The first-order valence-electron chi connectivity index (χ1n) is 20.9. The Balaban J connectivity index is 1.23. The molecule has 302 valence electrons. The van der Waals surface area contributed by atoms with Crippen LogP contribution in [0.25, 0.3) is 38.4 Å². The second kappa shape index (κ2) is 16.0. The maximum Gasteiger partial charge on any atom is 0.171 e. The Morgan fingerprint density at radius 3 is 1.17 bits per heavy atom. The summed E-state index contributed by atoms with van der Waals surface area (Å²) in [6, 6.07) is 76.6. The van der Waals surface area contributed by atoms with Crippen LogP contribution in [0.2, 0.25) is 0 Å². The molecule has 0 N–H and O–H groups in total. The third-order valence-electron chi connectivity index (χ3n) is 12.2. The van der Waals surface area contributed by atoms with Gasteiger partial charge in [-0.05, 0) is 67.5 Å². The predicted octanol–water partition coefficient (Wildman–Crippen LogP) is 9.94. The molecule has 0 aliphatic carbocycles. The highest BCUT2D eigenvalue weighted by Gasteiger charge is 2.32. The van der Waals surface area contributed by atoms with Crippen LogP contribution in [0.5, 0.6) is 0 Å². The maximum absolute atomic E-state index is 15.8. The summed E-state index contributed by atoms with van der Waals surface area (Å²) in [5.74, 6) is 0. The van der Waals surface area contributed by atoms with Crippen molar-refractivity contribution >= 4 is 129 Å². The molecule has 0 atom stereocenters. The smallest absolute Gasteiger partial charge is 0.171 e. The highest BCUT2D eigenvalue weighted by atomic mass is 32.4. The second-order valence-corrected chi connectivity index (χ2v) is 27.3. The highest BCUT2D eigenvalue weighted by Crippen LogP contribution is 2.47. The Bertz CT molecular complexity index is 3510. The predicted molar refractivity (Wildman–Crippen MR) is 279 cm³/mol. The van der Waals surface area contributed by atoms with Gasteiger partial charge in [0.05, 0.1) is 16.6 Å². The maximum atomic E-state index is 15.8. The number of rotatable bonds is 9. The summed E-state index contributed by atoms with van der Waals surface area (Å²) in [5, 5.41) is 12.0. The van der Waals surface area contributed by atoms with E-state index in [2.05, 4.69) is 150 Å². The van der Waals surface area contributed by atoms with E-state index in [4.69, 9.17) is 28.6 Å². The Hall–Kier alpha value is -6.02. The van der Waals surface area contributed by atoms with E-state index in [1.165, 1.54) is 0 Å². The summed E-state index contributed by atoms with van der Waals surface area (Å²) >= 11 is 13.8. The standard InChI is InChI=1S/C55H39N2OP3S2/c58-59(40-19-7-1-8-20-40,41-21-9-2-10-22-41)46-31-35-50-51(37-46)49-34-32-48(61(63,44-27-15-5-16-28-44)45-29-17-6-18-30-45)39-54(49)57-53-36-33-47(38-52(53)56-55(50)57)60(62,42-23-11-3-12-24-42)43-25-13-4-14-26-43/h1-39H. The molecule has 11 rings (SSSR count). The van der Waals surface area contributed by atoms with E-state index in [9.17, 15) is 0 Å². The molecule has 0 fully saturated rings. The molecule has 3 nitrogen and oxygen atoms in total. The molecule has 63 heavy (non-hydrogen) atoms. The Labute approximate surface area is 377 Å². The van der Waals surface area contributed by atoms with Crippen molar-refractivity contribution < 1.29 is 4.57 Å². The van der Waals surface area contributed by atoms with Crippen molar-refractivity contribution in [2.24, 2.45) is 0 Å². The zero-order chi connectivity index (χ0) is 42.6. The lowest BCUT2D eigenvalue weighted by Crippen LogP contribution is -2.25.